The zero-order valence-corrected chi connectivity index (χ0v) is 14.8. The fourth-order valence-corrected chi connectivity index (χ4v) is 3.48. The lowest BCUT2D eigenvalue weighted by molar-refractivity contribution is -0.121. The molecule has 3 amide bonds. The lowest BCUT2D eigenvalue weighted by atomic mass is 10.1. The number of rotatable bonds is 5. The number of aromatic nitrogens is 2. The van der Waals surface area contributed by atoms with Crippen LogP contribution in [0.15, 0.2) is 24.3 Å². The van der Waals surface area contributed by atoms with Gasteiger partial charge in [-0.05, 0) is 30.2 Å². The molecule has 25 heavy (non-hydrogen) atoms. The Morgan fingerprint density at radius 2 is 1.80 bits per heavy atom. The van der Waals surface area contributed by atoms with Gasteiger partial charge in [0.25, 0.3) is 5.91 Å². The van der Waals surface area contributed by atoms with Crippen molar-refractivity contribution in [2.45, 2.75) is 33.1 Å². The molecule has 0 saturated carbocycles. The van der Waals surface area contributed by atoms with Crippen molar-refractivity contribution in [3.8, 4) is 0 Å². The molecule has 0 atom stereocenters. The minimum absolute atomic E-state index is 0.214. The normalized spacial score (nSPS) is 14.4. The number of carbonyl (C=O) groups is 3. The first-order valence-corrected chi connectivity index (χ1v) is 8.85. The zero-order chi connectivity index (χ0) is 18.0. The summed E-state index contributed by atoms with van der Waals surface area (Å²) < 4.78 is 0. The van der Waals surface area contributed by atoms with E-state index in [4.69, 9.17) is 0 Å². The van der Waals surface area contributed by atoms with Crippen molar-refractivity contribution in [3.63, 3.8) is 0 Å². The standard InChI is InChI=1S/C17H18N4O3S/c1-10(2)9-13-19-20-17(25-13)18-16(24)11-3-5-12(6-4-11)21-14(22)7-8-15(21)23/h3-6,10H,7-9H2,1-2H3,(H,18,20,24). The third-order valence-electron chi connectivity index (χ3n) is 3.71. The van der Waals surface area contributed by atoms with Gasteiger partial charge in [-0.15, -0.1) is 10.2 Å². The molecule has 7 nitrogen and oxygen atoms in total. The van der Waals surface area contributed by atoms with Crippen LogP contribution in [0.2, 0.25) is 0 Å². The summed E-state index contributed by atoms with van der Waals surface area (Å²) in [6.07, 6.45) is 1.29. The van der Waals surface area contributed by atoms with Crippen molar-refractivity contribution < 1.29 is 14.4 Å². The molecule has 3 rings (SSSR count). The Morgan fingerprint density at radius 1 is 1.16 bits per heavy atom. The lowest BCUT2D eigenvalue weighted by Crippen LogP contribution is -2.28. The molecular formula is C17H18N4O3S. The summed E-state index contributed by atoms with van der Waals surface area (Å²) in [5.74, 6) is -0.264. The molecule has 0 spiro atoms. The summed E-state index contributed by atoms with van der Waals surface area (Å²) in [5, 5.41) is 12.1. The van der Waals surface area contributed by atoms with Crippen molar-refractivity contribution >= 4 is 39.9 Å². The molecular weight excluding hydrogens is 340 g/mol. The van der Waals surface area contributed by atoms with Gasteiger partial charge < -0.3 is 0 Å². The van der Waals surface area contributed by atoms with E-state index in [1.165, 1.54) is 11.3 Å². The number of benzene rings is 1. The maximum Gasteiger partial charge on any atom is 0.257 e. The Labute approximate surface area is 149 Å². The molecule has 1 aliphatic rings. The van der Waals surface area contributed by atoms with Crippen LogP contribution in [-0.2, 0) is 16.0 Å². The van der Waals surface area contributed by atoms with E-state index in [0.717, 1.165) is 16.3 Å². The van der Waals surface area contributed by atoms with E-state index in [9.17, 15) is 14.4 Å². The van der Waals surface area contributed by atoms with E-state index in [0.29, 0.717) is 22.3 Å². The van der Waals surface area contributed by atoms with Crippen LogP contribution in [-0.4, -0.2) is 27.9 Å². The summed E-state index contributed by atoms with van der Waals surface area (Å²) in [4.78, 5) is 36.9. The summed E-state index contributed by atoms with van der Waals surface area (Å²) in [7, 11) is 0. The van der Waals surface area contributed by atoms with Crippen LogP contribution < -0.4 is 10.2 Å². The third kappa shape index (κ3) is 3.90. The molecule has 0 radical (unpaired) electrons. The smallest absolute Gasteiger partial charge is 0.257 e. The van der Waals surface area contributed by atoms with Crippen molar-refractivity contribution in [1.82, 2.24) is 10.2 Å². The third-order valence-corrected chi connectivity index (χ3v) is 4.57. The Kier molecular flexibility index (Phi) is 4.89. The van der Waals surface area contributed by atoms with Gasteiger partial charge in [0.1, 0.15) is 5.01 Å². The molecule has 1 aromatic heterocycles. The molecule has 130 valence electrons. The fraction of sp³-hybridized carbons (Fsp3) is 0.353. The number of nitrogens with one attached hydrogen (secondary N) is 1. The minimum atomic E-state index is -0.308. The van der Waals surface area contributed by atoms with Crippen LogP contribution in [0.1, 0.15) is 42.1 Å². The molecule has 1 N–H and O–H groups in total. The van der Waals surface area contributed by atoms with Gasteiger partial charge in [0.2, 0.25) is 16.9 Å². The van der Waals surface area contributed by atoms with Gasteiger partial charge in [-0.1, -0.05) is 25.2 Å². The summed E-state index contributed by atoms with van der Waals surface area (Å²) in [6, 6.07) is 6.36. The molecule has 1 fully saturated rings. The van der Waals surface area contributed by atoms with Crippen LogP contribution in [0, 0.1) is 5.92 Å². The highest BCUT2D eigenvalue weighted by atomic mass is 32.1. The number of hydrogen-bond donors (Lipinski definition) is 1. The van der Waals surface area contributed by atoms with Gasteiger partial charge in [0.15, 0.2) is 0 Å². The average Bonchev–Trinajstić information content (AvgIpc) is 3.13. The predicted octanol–water partition coefficient (Wildman–Crippen LogP) is 2.64. The van der Waals surface area contributed by atoms with Crippen LogP contribution in [0.5, 0.6) is 0 Å². The first-order valence-electron chi connectivity index (χ1n) is 8.03. The molecule has 2 heterocycles. The molecule has 2 aromatic rings. The Hall–Kier alpha value is -2.61. The highest BCUT2D eigenvalue weighted by Gasteiger charge is 2.30. The summed E-state index contributed by atoms with van der Waals surface area (Å²) in [6.45, 7) is 4.19. The molecule has 1 saturated heterocycles. The maximum atomic E-state index is 12.3. The predicted molar refractivity (Wildman–Crippen MR) is 94.6 cm³/mol. The average molecular weight is 358 g/mol. The monoisotopic (exact) mass is 358 g/mol. The maximum absolute atomic E-state index is 12.3. The Balaban J connectivity index is 1.67. The topological polar surface area (TPSA) is 92.3 Å². The van der Waals surface area contributed by atoms with E-state index in [-0.39, 0.29) is 30.6 Å². The van der Waals surface area contributed by atoms with E-state index in [1.807, 2.05) is 0 Å². The van der Waals surface area contributed by atoms with Crippen LogP contribution in [0.3, 0.4) is 0 Å². The highest BCUT2D eigenvalue weighted by Crippen LogP contribution is 2.23. The largest absolute Gasteiger partial charge is 0.296 e. The summed E-state index contributed by atoms with van der Waals surface area (Å²) in [5.41, 5.74) is 0.905. The second-order valence-electron chi connectivity index (χ2n) is 6.22. The number of amides is 3. The number of carbonyl (C=O) groups excluding carboxylic acids is 3. The second-order valence-corrected chi connectivity index (χ2v) is 7.28. The van der Waals surface area contributed by atoms with Crippen LogP contribution in [0.25, 0.3) is 0 Å². The van der Waals surface area contributed by atoms with Gasteiger partial charge in [-0.3, -0.25) is 24.6 Å². The van der Waals surface area contributed by atoms with E-state index >= 15 is 0 Å². The minimum Gasteiger partial charge on any atom is -0.296 e. The first kappa shape index (κ1) is 17.2. The number of hydrogen-bond acceptors (Lipinski definition) is 6. The van der Waals surface area contributed by atoms with Gasteiger partial charge in [-0.2, -0.15) is 0 Å². The number of anilines is 2. The van der Waals surface area contributed by atoms with E-state index in [1.54, 1.807) is 24.3 Å². The molecule has 0 aliphatic carbocycles. The SMILES string of the molecule is CC(C)Cc1nnc(NC(=O)c2ccc(N3C(=O)CCC3=O)cc2)s1. The Bertz CT molecular complexity index is 798. The van der Waals surface area contributed by atoms with E-state index in [2.05, 4.69) is 29.4 Å². The van der Waals surface area contributed by atoms with Gasteiger partial charge in [0, 0.05) is 24.8 Å². The first-order chi connectivity index (χ1) is 11.9. The van der Waals surface area contributed by atoms with Gasteiger partial charge in [0.05, 0.1) is 5.69 Å². The van der Waals surface area contributed by atoms with Gasteiger partial charge in [-0.25, -0.2) is 0 Å². The second kappa shape index (κ2) is 7.10. The van der Waals surface area contributed by atoms with Crippen molar-refractivity contribution in [1.29, 1.82) is 0 Å². The molecule has 1 aromatic carbocycles. The highest BCUT2D eigenvalue weighted by molar-refractivity contribution is 7.15. The van der Waals surface area contributed by atoms with Crippen molar-refractivity contribution in [2.75, 3.05) is 10.2 Å². The fourth-order valence-electron chi connectivity index (χ4n) is 2.53. The Morgan fingerprint density at radius 3 is 2.40 bits per heavy atom. The lowest BCUT2D eigenvalue weighted by Gasteiger charge is -2.13. The van der Waals surface area contributed by atoms with Crippen LogP contribution >= 0.6 is 11.3 Å². The zero-order valence-electron chi connectivity index (χ0n) is 14.0. The quantitative estimate of drug-likeness (QED) is 0.830. The number of nitrogens with zero attached hydrogens (tertiary/aromatic N) is 3. The van der Waals surface area contributed by atoms with Gasteiger partial charge >= 0.3 is 0 Å². The van der Waals surface area contributed by atoms with Crippen molar-refractivity contribution in [2.24, 2.45) is 5.92 Å². The summed E-state index contributed by atoms with van der Waals surface area (Å²) >= 11 is 1.36. The number of imide groups is 1. The molecule has 1 aliphatic heterocycles. The van der Waals surface area contributed by atoms with Crippen LogP contribution in [0.4, 0.5) is 10.8 Å². The molecule has 0 bridgehead atoms. The molecule has 0 unspecified atom stereocenters. The van der Waals surface area contributed by atoms with Crippen molar-refractivity contribution in [3.05, 3.63) is 34.8 Å². The molecule has 8 heteroatoms. The van der Waals surface area contributed by atoms with E-state index < -0.39 is 0 Å².